The molecule has 0 radical (unpaired) electrons. The number of methoxy groups -OCH3 is 1. The molecular weight excluding hydrogens is 176 g/mol. The summed E-state index contributed by atoms with van der Waals surface area (Å²) in [7, 11) is 1.73. The zero-order chi connectivity index (χ0) is 10.4. The van der Waals surface area contributed by atoms with E-state index in [-0.39, 0.29) is 6.10 Å². The highest BCUT2D eigenvalue weighted by molar-refractivity contribution is 5.21. The predicted octanol–water partition coefficient (Wildman–Crippen LogP) is 1.51. The monoisotopic (exact) mass is 194 g/mol. The molecule has 1 atom stereocenters. The molecule has 0 fully saturated rings. The maximum absolute atomic E-state index is 5.14. The summed E-state index contributed by atoms with van der Waals surface area (Å²) in [6.45, 7) is 5.87. The largest absolute Gasteiger partial charge is 0.380 e. The minimum Gasteiger partial charge on any atom is -0.380 e. The topological polar surface area (TPSA) is 34.1 Å². The van der Waals surface area contributed by atoms with Crippen LogP contribution in [0.3, 0.4) is 0 Å². The number of nitrogens with one attached hydrogen (secondary N) is 1. The van der Waals surface area contributed by atoms with Gasteiger partial charge in [0.1, 0.15) is 0 Å². The van der Waals surface area contributed by atoms with E-state index in [1.54, 1.807) is 7.11 Å². The van der Waals surface area contributed by atoms with Crippen LogP contribution in [0.2, 0.25) is 0 Å². The van der Waals surface area contributed by atoms with Gasteiger partial charge in [0.2, 0.25) is 0 Å². The van der Waals surface area contributed by atoms with E-state index in [4.69, 9.17) is 4.74 Å². The summed E-state index contributed by atoms with van der Waals surface area (Å²) >= 11 is 0. The van der Waals surface area contributed by atoms with E-state index >= 15 is 0 Å². The Labute approximate surface area is 85.5 Å². The van der Waals surface area contributed by atoms with Gasteiger partial charge in [-0.3, -0.25) is 4.98 Å². The first kappa shape index (κ1) is 11.1. The molecule has 3 heteroatoms. The number of aryl methyl sites for hydroxylation is 1. The van der Waals surface area contributed by atoms with Crippen LogP contribution in [0.4, 0.5) is 0 Å². The molecule has 1 aromatic rings. The van der Waals surface area contributed by atoms with Crippen molar-refractivity contribution in [3.63, 3.8) is 0 Å². The Morgan fingerprint density at radius 2 is 2.36 bits per heavy atom. The number of ether oxygens (including phenoxy) is 1. The van der Waals surface area contributed by atoms with Crippen molar-refractivity contribution < 1.29 is 4.74 Å². The van der Waals surface area contributed by atoms with Crippen molar-refractivity contribution in [2.24, 2.45) is 0 Å². The van der Waals surface area contributed by atoms with E-state index in [0.717, 1.165) is 13.1 Å². The van der Waals surface area contributed by atoms with Crippen molar-refractivity contribution in [1.82, 2.24) is 10.3 Å². The zero-order valence-electron chi connectivity index (χ0n) is 9.08. The summed E-state index contributed by atoms with van der Waals surface area (Å²) in [5.41, 5.74) is 2.52. The molecule has 1 rings (SSSR count). The molecule has 0 aliphatic heterocycles. The maximum Gasteiger partial charge on any atom is 0.0667 e. The summed E-state index contributed by atoms with van der Waals surface area (Å²) < 4.78 is 5.14. The molecule has 0 saturated carbocycles. The van der Waals surface area contributed by atoms with Crippen LogP contribution in [0, 0.1) is 6.92 Å². The standard InChI is InChI=1S/C11H18N2O/c1-9-6-12-5-4-11(9)8-13-7-10(2)14-3/h4-6,10,13H,7-8H2,1-3H3. The van der Waals surface area contributed by atoms with Gasteiger partial charge >= 0.3 is 0 Å². The minimum absolute atomic E-state index is 0.261. The lowest BCUT2D eigenvalue weighted by atomic mass is 10.1. The Morgan fingerprint density at radius 1 is 1.57 bits per heavy atom. The number of nitrogens with zero attached hydrogens (tertiary/aromatic N) is 1. The minimum atomic E-state index is 0.261. The van der Waals surface area contributed by atoms with Gasteiger partial charge in [-0.15, -0.1) is 0 Å². The van der Waals surface area contributed by atoms with Gasteiger partial charge in [-0.1, -0.05) is 0 Å². The van der Waals surface area contributed by atoms with Gasteiger partial charge in [-0.05, 0) is 31.0 Å². The molecule has 0 aliphatic rings. The summed E-state index contributed by atoms with van der Waals surface area (Å²) in [5.74, 6) is 0. The van der Waals surface area contributed by atoms with Crippen LogP contribution in [0.1, 0.15) is 18.1 Å². The average Bonchev–Trinajstić information content (AvgIpc) is 2.20. The number of pyridine rings is 1. The molecule has 0 aromatic carbocycles. The van der Waals surface area contributed by atoms with E-state index in [1.807, 2.05) is 25.4 Å². The lowest BCUT2D eigenvalue weighted by Gasteiger charge is -2.11. The highest BCUT2D eigenvalue weighted by atomic mass is 16.5. The Hall–Kier alpha value is -0.930. The molecule has 1 unspecified atom stereocenters. The fourth-order valence-electron chi connectivity index (χ4n) is 1.19. The quantitative estimate of drug-likeness (QED) is 0.771. The zero-order valence-corrected chi connectivity index (χ0v) is 9.08. The number of hydrogen-bond acceptors (Lipinski definition) is 3. The Bertz CT molecular complexity index is 276. The van der Waals surface area contributed by atoms with Gasteiger partial charge in [0, 0.05) is 32.6 Å². The van der Waals surface area contributed by atoms with Crippen molar-refractivity contribution in [1.29, 1.82) is 0 Å². The van der Waals surface area contributed by atoms with Gasteiger partial charge < -0.3 is 10.1 Å². The molecule has 0 saturated heterocycles. The normalized spacial score (nSPS) is 12.8. The molecule has 78 valence electrons. The highest BCUT2D eigenvalue weighted by Crippen LogP contribution is 2.03. The van der Waals surface area contributed by atoms with Crippen LogP contribution in [0.25, 0.3) is 0 Å². The summed E-state index contributed by atoms with van der Waals surface area (Å²) in [6.07, 6.45) is 3.97. The van der Waals surface area contributed by atoms with E-state index < -0.39 is 0 Å². The second kappa shape index (κ2) is 5.73. The molecule has 0 aliphatic carbocycles. The molecule has 0 spiro atoms. The van der Waals surface area contributed by atoms with Gasteiger partial charge in [0.05, 0.1) is 6.10 Å². The fraction of sp³-hybridized carbons (Fsp3) is 0.545. The average molecular weight is 194 g/mol. The lowest BCUT2D eigenvalue weighted by molar-refractivity contribution is 0.117. The first-order valence-electron chi connectivity index (χ1n) is 4.87. The predicted molar refractivity (Wildman–Crippen MR) is 57.2 cm³/mol. The number of hydrogen-bond donors (Lipinski definition) is 1. The van der Waals surface area contributed by atoms with Crippen molar-refractivity contribution in [2.45, 2.75) is 26.5 Å². The van der Waals surface area contributed by atoms with Gasteiger partial charge in [-0.2, -0.15) is 0 Å². The third-order valence-electron chi connectivity index (χ3n) is 2.29. The van der Waals surface area contributed by atoms with Crippen molar-refractivity contribution in [3.8, 4) is 0 Å². The molecule has 0 bridgehead atoms. The highest BCUT2D eigenvalue weighted by Gasteiger charge is 2.00. The molecule has 0 amide bonds. The van der Waals surface area contributed by atoms with Crippen LogP contribution >= 0.6 is 0 Å². The van der Waals surface area contributed by atoms with Gasteiger partial charge in [0.15, 0.2) is 0 Å². The lowest BCUT2D eigenvalue weighted by Crippen LogP contribution is -2.25. The SMILES string of the molecule is COC(C)CNCc1ccncc1C. The van der Waals surface area contributed by atoms with Crippen LogP contribution in [0.5, 0.6) is 0 Å². The fourth-order valence-corrected chi connectivity index (χ4v) is 1.19. The number of aromatic nitrogens is 1. The Morgan fingerprint density at radius 3 is 3.00 bits per heavy atom. The first-order valence-corrected chi connectivity index (χ1v) is 4.87. The summed E-state index contributed by atoms with van der Waals surface area (Å²) in [4.78, 5) is 4.05. The Kier molecular flexibility index (Phi) is 4.56. The van der Waals surface area contributed by atoms with Crippen LogP contribution in [0.15, 0.2) is 18.5 Å². The molecule has 3 nitrogen and oxygen atoms in total. The molecule has 14 heavy (non-hydrogen) atoms. The number of rotatable bonds is 5. The van der Waals surface area contributed by atoms with Crippen LogP contribution < -0.4 is 5.32 Å². The third kappa shape index (κ3) is 3.44. The maximum atomic E-state index is 5.14. The van der Waals surface area contributed by atoms with Crippen molar-refractivity contribution in [2.75, 3.05) is 13.7 Å². The van der Waals surface area contributed by atoms with Gasteiger partial charge in [0.25, 0.3) is 0 Å². The van der Waals surface area contributed by atoms with Crippen LogP contribution in [-0.4, -0.2) is 24.7 Å². The van der Waals surface area contributed by atoms with E-state index in [2.05, 4.69) is 17.2 Å². The molecule has 1 heterocycles. The second-order valence-electron chi connectivity index (χ2n) is 3.48. The van der Waals surface area contributed by atoms with E-state index in [0.29, 0.717) is 0 Å². The smallest absolute Gasteiger partial charge is 0.0667 e. The summed E-state index contributed by atoms with van der Waals surface area (Å²) in [6, 6.07) is 2.04. The van der Waals surface area contributed by atoms with E-state index in [9.17, 15) is 0 Å². The first-order chi connectivity index (χ1) is 6.74. The molecule has 1 aromatic heterocycles. The molecular formula is C11H18N2O. The Balaban J connectivity index is 2.35. The summed E-state index contributed by atoms with van der Waals surface area (Å²) in [5, 5.41) is 3.34. The van der Waals surface area contributed by atoms with E-state index in [1.165, 1.54) is 11.1 Å². The van der Waals surface area contributed by atoms with Crippen molar-refractivity contribution in [3.05, 3.63) is 29.6 Å². The second-order valence-corrected chi connectivity index (χ2v) is 3.48. The van der Waals surface area contributed by atoms with Gasteiger partial charge in [-0.25, -0.2) is 0 Å². The third-order valence-corrected chi connectivity index (χ3v) is 2.29. The van der Waals surface area contributed by atoms with Crippen LogP contribution in [-0.2, 0) is 11.3 Å². The molecule has 1 N–H and O–H groups in total. The van der Waals surface area contributed by atoms with Crippen molar-refractivity contribution >= 4 is 0 Å².